The summed E-state index contributed by atoms with van der Waals surface area (Å²) in [5, 5.41) is 9.85. The van der Waals surface area contributed by atoms with Crippen LogP contribution in [-0.2, 0) is 4.79 Å². The Morgan fingerprint density at radius 2 is 1.92 bits per heavy atom. The van der Waals surface area contributed by atoms with Crippen molar-refractivity contribution >= 4 is 23.1 Å². The molecule has 25 heavy (non-hydrogen) atoms. The van der Waals surface area contributed by atoms with Gasteiger partial charge in [-0.3, -0.25) is 4.79 Å². The third-order valence-electron chi connectivity index (χ3n) is 3.57. The van der Waals surface area contributed by atoms with Crippen LogP contribution in [0.15, 0.2) is 35.7 Å². The van der Waals surface area contributed by atoms with Crippen LogP contribution in [0.4, 0.5) is 10.2 Å². The Hall–Kier alpha value is -2.54. The van der Waals surface area contributed by atoms with Crippen LogP contribution in [0.3, 0.4) is 0 Å². The Balaban J connectivity index is 1.93. The number of halogens is 1. The quantitative estimate of drug-likeness (QED) is 0.753. The lowest BCUT2D eigenvalue weighted by Crippen LogP contribution is -2.28. The monoisotopic (exact) mass is 358 g/mol. The number of aryl methyl sites for hydroxylation is 1. The number of rotatable bonds is 3. The van der Waals surface area contributed by atoms with Crippen molar-refractivity contribution in [2.75, 3.05) is 5.32 Å². The van der Waals surface area contributed by atoms with Crippen LogP contribution < -0.4 is 5.32 Å². The highest BCUT2D eigenvalue weighted by Gasteiger charge is 2.23. The summed E-state index contributed by atoms with van der Waals surface area (Å²) in [5.74, 6) is 0.204. The Morgan fingerprint density at radius 3 is 2.56 bits per heavy atom. The van der Waals surface area contributed by atoms with Gasteiger partial charge in [0.25, 0.3) is 0 Å². The first-order valence-electron chi connectivity index (χ1n) is 7.84. The Kier molecular flexibility index (Phi) is 4.43. The lowest BCUT2D eigenvalue weighted by atomic mass is 9.96. The minimum absolute atomic E-state index is 0.0936. The predicted molar refractivity (Wildman–Crippen MR) is 97.5 cm³/mol. The molecule has 0 aliphatic rings. The number of carbonyl (C=O) groups excluding carboxylic acids is 1. The van der Waals surface area contributed by atoms with Crippen LogP contribution >= 0.6 is 11.3 Å². The minimum Gasteiger partial charge on any atom is -0.310 e. The highest BCUT2D eigenvalue weighted by atomic mass is 32.1. The van der Waals surface area contributed by atoms with Crippen molar-refractivity contribution < 1.29 is 9.18 Å². The van der Waals surface area contributed by atoms with E-state index in [0.29, 0.717) is 10.9 Å². The van der Waals surface area contributed by atoms with E-state index in [4.69, 9.17) is 0 Å². The van der Waals surface area contributed by atoms with Gasteiger partial charge < -0.3 is 5.32 Å². The maximum absolute atomic E-state index is 13.1. The van der Waals surface area contributed by atoms with E-state index in [1.807, 2.05) is 39.1 Å². The molecule has 5 nitrogen and oxygen atoms in total. The normalized spacial score (nSPS) is 11.6. The van der Waals surface area contributed by atoms with E-state index in [0.717, 1.165) is 17.0 Å². The molecule has 0 unspecified atom stereocenters. The molecule has 0 saturated carbocycles. The molecule has 0 fully saturated rings. The van der Waals surface area contributed by atoms with Crippen LogP contribution in [0.5, 0.6) is 0 Å². The number of aromatic nitrogens is 3. The van der Waals surface area contributed by atoms with E-state index in [1.165, 1.54) is 23.5 Å². The number of carbonyl (C=O) groups is 1. The second-order valence-electron chi connectivity index (χ2n) is 6.81. The zero-order valence-corrected chi connectivity index (χ0v) is 15.3. The molecule has 0 radical (unpaired) electrons. The van der Waals surface area contributed by atoms with E-state index in [1.54, 1.807) is 16.8 Å². The topological polar surface area (TPSA) is 59.8 Å². The molecular weight excluding hydrogens is 339 g/mol. The second-order valence-corrected chi connectivity index (χ2v) is 7.65. The van der Waals surface area contributed by atoms with Crippen molar-refractivity contribution in [1.29, 1.82) is 0 Å². The first-order valence-corrected chi connectivity index (χ1v) is 8.72. The summed E-state index contributed by atoms with van der Waals surface area (Å²) in [4.78, 5) is 16.8. The van der Waals surface area contributed by atoms with Gasteiger partial charge in [-0.1, -0.05) is 20.8 Å². The summed E-state index contributed by atoms with van der Waals surface area (Å²) in [6, 6.07) is 7.99. The number of hydrogen-bond donors (Lipinski definition) is 1. The van der Waals surface area contributed by atoms with E-state index in [2.05, 4.69) is 15.4 Å². The highest BCUT2D eigenvalue weighted by Crippen LogP contribution is 2.27. The minimum atomic E-state index is -0.509. The van der Waals surface area contributed by atoms with Gasteiger partial charge in [0.2, 0.25) is 11.0 Å². The molecule has 7 heteroatoms. The molecule has 0 atom stereocenters. The van der Waals surface area contributed by atoms with Crippen LogP contribution in [0, 0.1) is 18.2 Å². The summed E-state index contributed by atoms with van der Waals surface area (Å²) >= 11 is 1.41. The fourth-order valence-corrected chi connectivity index (χ4v) is 2.95. The van der Waals surface area contributed by atoms with Gasteiger partial charge in [-0.15, -0.1) is 11.3 Å². The van der Waals surface area contributed by atoms with Gasteiger partial charge >= 0.3 is 0 Å². The average Bonchev–Trinajstić information content (AvgIpc) is 3.14. The van der Waals surface area contributed by atoms with Crippen LogP contribution in [0.25, 0.3) is 16.4 Å². The maximum Gasteiger partial charge on any atom is 0.230 e. The highest BCUT2D eigenvalue weighted by molar-refractivity contribution is 7.12. The molecule has 130 valence electrons. The number of nitrogens with one attached hydrogen (secondary N) is 1. The molecule has 2 heterocycles. The van der Waals surface area contributed by atoms with Gasteiger partial charge in [0.1, 0.15) is 11.6 Å². The Morgan fingerprint density at radius 1 is 1.24 bits per heavy atom. The SMILES string of the molecule is Cc1cc(NC(=O)C(C)(C)C)n(-c2nc(-c3ccc(F)cc3)cs2)n1. The molecule has 1 amide bonds. The number of nitrogens with zero attached hydrogens (tertiary/aromatic N) is 3. The predicted octanol–water partition coefficient (Wildman–Crippen LogP) is 4.43. The zero-order valence-electron chi connectivity index (χ0n) is 14.5. The summed E-state index contributed by atoms with van der Waals surface area (Å²) in [5.41, 5.74) is 1.84. The van der Waals surface area contributed by atoms with Gasteiger partial charge in [-0.25, -0.2) is 9.37 Å². The molecule has 1 N–H and O–H groups in total. The van der Waals surface area contributed by atoms with Crippen molar-refractivity contribution in [2.45, 2.75) is 27.7 Å². The Labute approximate surface area is 149 Å². The molecule has 3 aromatic rings. The molecule has 0 spiro atoms. The Bertz CT molecular complexity index is 906. The van der Waals surface area contributed by atoms with Crippen molar-refractivity contribution in [1.82, 2.24) is 14.8 Å². The largest absolute Gasteiger partial charge is 0.310 e. The van der Waals surface area contributed by atoms with Gasteiger partial charge in [-0.05, 0) is 31.2 Å². The molecule has 0 bridgehead atoms. The van der Waals surface area contributed by atoms with E-state index >= 15 is 0 Å². The smallest absolute Gasteiger partial charge is 0.230 e. The first kappa shape index (κ1) is 17.3. The fraction of sp³-hybridized carbons (Fsp3) is 0.278. The van der Waals surface area contributed by atoms with Gasteiger partial charge in [0.15, 0.2) is 0 Å². The molecule has 0 aliphatic heterocycles. The summed E-state index contributed by atoms with van der Waals surface area (Å²) in [6.07, 6.45) is 0. The van der Waals surface area contributed by atoms with Gasteiger partial charge in [0.05, 0.1) is 11.4 Å². The summed E-state index contributed by atoms with van der Waals surface area (Å²) in [6.45, 7) is 7.42. The van der Waals surface area contributed by atoms with E-state index < -0.39 is 5.41 Å². The first-order chi connectivity index (χ1) is 11.7. The number of anilines is 1. The molecular formula is C18H19FN4OS. The van der Waals surface area contributed by atoms with Crippen LogP contribution in [0.1, 0.15) is 26.5 Å². The van der Waals surface area contributed by atoms with E-state index in [9.17, 15) is 9.18 Å². The molecule has 3 rings (SSSR count). The third-order valence-corrected chi connectivity index (χ3v) is 4.38. The number of thiazole rings is 1. The van der Waals surface area contributed by atoms with Gasteiger partial charge in [-0.2, -0.15) is 9.78 Å². The van der Waals surface area contributed by atoms with Gasteiger partial charge in [0, 0.05) is 22.4 Å². The molecule has 2 aromatic heterocycles. The standard InChI is InChI=1S/C18H19FN4OS/c1-11-9-15(21-16(24)18(2,3)4)23(22-11)17-20-14(10-25-17)12-5-7-13(19)8-6-12/h5-10H,1-4H3,(H,21,24). The van der Waals surface area contributed by atoms with E-state index in [-0.39, 0.29) is 11.7 Å². The third kappa shape index (κ3) is 3.76. The van der Waals surface area contributed by atoms with Crippen molar-refractivity contribution in [3.05, 3.63) is 47.2 Å². The second kappa shape index (κ2) is 6.40. The number of amides is 1. The molecule has 0 saturated heterocycles. The van der Waals surface area contributed by atoms with Crippen LogP contribution in [-0.4, -0.2) is 20.7 Å². The number of benzene rings is 1. The average molecular weight is 358 g/mol. The van der Waals surface area contributed by atoms with Crippen molar-refractivity contribution in [2.24, 2.45) is 5.41 Å². The fourth-order valence-electron chi connectivity index (χ4n) is 2.15. The summed E-state index contributed by atoms with van der Waals surface area (Å²) in [7, 11) is 0. The van der Waals surface area contributed by atoms with Crippen molar-refractivity contribution in [3.8, 4) is 16.4 Å². The molecule has 1 aromatic carbocycles. The number of hydrogen-bond acceptors (Lipinski definition) is 4. The zero-order chi connectivity index (χ0) is 18.2. The lowest BCUT2D eigenvalue weighted by Gasteiger charge is -2.17. The summed E-state index contributed by atoms with van der Waals surface area (Å²) < 4.78 is 14.7. The molecule has 0 aliphatic carbocycles. The lowest BCUT2D eigenvalue weighted by molar-refractivity contribution is -0.123. The maximum atomic E-state index is 13.1. The van der Waals surface area contributed by atoms with Crippen molar-refractivity contribution in [3.63, 3.8) is 0 Å². The van der Waals surface area contributed by atoms with Crippen LogP contribution in [0.2, 0.25) is 0 Å².